The van der Waals surface area contributed by atoms with Crippen molar-refractivity contribution in [1.29, 1.82) is 0 Å². The van der Waals surface area contributed by atoms with Crippen molar-refractivity contribution in [2.45, 2.75) is 29.1 Å². The fourth-order valence-corrected chi connectivity index (χ4v) is 1.52. The van der Waals surface area contributed by atoms with E-state index in [-0.39, 0.29) is 13.0 Å². The van der Waals surface area contributed by atoms with Crippen LogP contribution in [0.4, 0.5) is 0 Å². The number of nitrogens with two attached hydrogens (primary N) is 2. The Morgan fingerprint density at radius 2 is 1.93 bits per heavy atom. The minimum atomic E-state index is -1.91. The van der Waals surface area contributed by atoms with E-state index >= 15 is 0 Å². The molecule has 0 heterocycles. The lowest BCUT2D eigenvalue weighted by molar-refractivity contribution is -0.149. The summed E-state index contributed by atoms with van der Waals surface area (Å²) in [5.74, 6) is -0.724. The monoisotopic (exact) mass is 276 g/mol. The number of halogens is 3. The number of ether oxygens (including phenoxy) is 1. The predicted octanol–water partition coefficient (Wildman–Crippen LogP) is 1.36. The summed E-state index contributed by atoms with van der Waals surface area (Å²) in [6, 6.07) is 0. The number of hydrogen-bond acceptors (Lipinski definition) is 4. The van der Waals surface area contributed by atoms with E-state index in [0.717, 1.165) is 0 Å². The molecule has 0 aromatic rings. The molecule has 0 aliphatic heterocycles. The highest BCUT2D eigenvalue weighted by atomic mass is 35.6. The van der Waals surface area contributed by atoms with E-state index in [2.05, 4.69) is 0 Å². The highest BCUT2D eigenvalue weighted by Gasteiger charge is 2.52. The Morgan fingerprint density at radius 3 is 2.27 bits per heavy atom. The molecular formula is C8H15Cl3N2O2. The predicted molar refractivity (Wildman–Crippen MR) is 62.1 cm³/mol. The molecule has 0 aromatic carbocycles. The number of alkyl halides is 3. The van der Waals surface area contributed by atoms with E-state index in [1.165, 1.54) is 0 Å². The summed E-state index contributed by atoms with van der Waals surface area (Å²) in [6.07, 6.45) is 0.641. The fourth-order valence-electron chi connectivity index (χ4n) is 1.00. The summed E-state index contributed by atoms with van der Waals surface area (Å²) in [4.78, 5) is 11.6. The number of hydrogen-bond donors (Lipinski definition) is 2. The topological polar surface area (TPSA) is 78.3 Å². The van der Waals surface area contributed by atoms with Crippen molar-refractivity contribution in [3.63, 3.8) is 0 Å². The molecule has 0 spiro atoms. The van der Waals surface area contributed by atoms with Gasteiger partial charge in [0.05, 0.1) is 6.61 Å². The first kappa shape index (κ1) is 15.3. The second-order valence-electron chi connectivity index (χ2n) is 3.08. The zero-order valence-electron chi connectivity index (χ0n) is 8.43. The minimum Gasteiger partial charge on any atom is -0.464 e. The van der Waals surface area contributed by atoms with Gasteiger partial charge < -0.3 is 16.2 Å². The van der Waals surface area contributed by atoms with Crippen LogP contribution in [0.5, 0.6) is 0 Å². The maximum Gasteiger partial charge on any atom is 0.330 e. The number of esters is 1. The summed E-state index contributed by atoms with van der Waals surface area (Å²) >= 11 is 17.0. The molecule has 0 aromatic heterocycles. The van der Waals surface area contributed by atoms with Crippen LogP contribution < -0.4 is 11.5 Å². The molecule has 0 rings (SSSR count). The Labute approximate surface area is 104 Å². The molecule has 0 saturated carbocycles. The molecule has 0 fully saturated rings. The summed E-state index contributed by atoms with van der Waals surface area (Å²) in [5.41, 5.74) is 9.44. The van der Waals surface area contributed by atoms with Gasteiger partial charge in [0.1, 0.15) is 0 Å². The van der Waals surface area contributed by atoms with Crippen molar-refractivity contribution in [3.05, 3.63) is 0 Å². The van der Waals surface area contributed by atoms with Crippen LogP contribution in [0.25, 0.3) is 0 Å². The van der Waals surface area contributed by atoms with Gasteiger partial charge in [-0.3, -0.25) is 0 Å². The lowest BCUT2D eigenvalue weighted by Crippen LogP contribution is -2.59. The molecule has 0 unspecified atom stereocenters. The zero-order valence-corrected chi connectivity index (χ0v) is 10.7. The first-order chi connectivity index (χ1) is 6.79. The van der Waals surface area contributed by atoms with Gasteiger partial charge in [0.25, 0.3) is 0 Å². The maximum atomic E-state index is 11.6. The quantitative estimate of drug-likeness (QED) is 0.587. The molecule has 90 valence electrons. The van der Waals surface area contributed by atoms with Crippen LogP contribution in [0.1, 0.15) is 19.8 Å². The fraction of sp³-hybridized carbons (Fsp3) is 0.875. The Kier molecular flexibility index (Phi) is 6.21. The molecule has 15 heavy (non-hydrogen) atoms. The molecule has 7 heteroatoms. The zero-order chi connectivity index (χ0) is 12.1. The SMILES string of the molecule is CCOC(=O)[C@](N)(CCCN)C(Cl)(Cl)Cl. The van der Waals surface area contributed by atoms with Gasteiger partial charge in [-0.05, 0) is 26.3 Å². The number of rotatable bonds is 5. The summed E-state index contributed by atoms with van der Waals surface area (Å²) in [5, 5.41) is 0. The van der Waals surface area contributed by atoms with Crippen LogP contribution in [0, 0.1) is 0 Å². The van der Waals surface area contributed by atoms with Gasteiger partial charge >= 0.3 is 5.97 Å². The van der Waals surface area contributed by atoms with Crippen molar-refractivity contribution >= 4 is 40.8 Å². The van der Waals surface area contributed by atoms with E-state index in [1.54, 1.807) is 6.92 Å². The lowest BCUT2D eigenvalue weighted by atomic mass is 9.96. The second-order valence-corrected chi connectivity index (χ2v) is 5.36. The molecule has 0 radical (unpaired) electrons. The highest BCUT2D eigenvalue weighted by Crippen LogP contribution is 2.40. The third-order valence-electron chi connectivity index (χ3n) is 1.92. The van der Waals surface area contributed by atoms with Crippen molar-refractivity contribution in [3.8, 4) is 0 Å². The number of carbonyl (C=O) groups is 1. The molecular weight excluding hydrogens is 262 g/mol. The standard InChI is InChI=1S/C8H15Cl3N2O2/c1-2-15-6(14)7(13,4-3-5-12)8(9,10)11/h2-5,12-13H2,1H3/t7-/m1/s1. The lowest BCUT2D eigenvalue weighted by Gasteiger charge is -2.33. The van der Waals surface area contributed by atoms with Crippen molar-refractivity contribution in [2.75, 3.05) is 13.2 Å². The van der Waals surface area contributed by atoms with E-state index in [1.807, 2.05) is 0 Å². The van der Waals surface area contributed by atoms with Crippen LogP contribution in [-0.2, 0) is 9.53 Å². The molecule has 0 aliphatic rings. The molecule has 1 atom stereocenters. The van der Waals surface area contributed by atoms with Crippen LogP contribution in [0.3, 0.4) is 0 Å². The smallest absolute Gasteiger partial charge is 0.330 e. The minimum absolute atomic E-state index is 0.166. The van der Waals surface area contributed by atoms with Crippen LogP contribution in [-0.4, -0.2) is 28.5 Å². The Hall–Kier alpha value is 0.260. The van der Waals surface area contributed by atoms with Crippen LogP contribution in [0.2, 0.25) is 0 Å². The Morgan fingerprint density at radius 1 is 1.40 bits per heavy atom. The summed E-state index contributed by atoms with van der Waals surface area (Å²) in [7, 11) is 0. The van der Waals surface area contributed by atoms with Crippen molar-refractivity contribution < 1.29 is 9.53 Å². The van der Waals surface area contributed by atoms with Gasteiger partial charge in [-0.15, -0.1) is 0 Å². The van der Waals surface area contributed by atoms with Gasteiger partial charge in [0.15, 0.2) is 5.54 Å². The number of carbonyl (C=O) groups excluding carboxylic acids is 1. The van der Waals surface area contributed by atoms with Gasteiger partial charge in [0, 0.05) is 0 Å². The average Bonchev–Trinajstić information content (AvgIpc) is 2.12. The third-order valence-corrected chi connectivity index (χ3v) is 2.93. The van der Waals surface area contributed by atoms with Crippen molar-refractivity contribution in [1.82, 2.24) is 0 Å². The van der Waals surface area contributed by atoms with E-state index in [0.29, 0.717) is 13.0 Å². The average molecular weight is 278 g/mol. The van der Waals surface area contributed by atoms with Gasteiger partial charge in [0.2, 0.25) is 3.79 Å². The van der Waals surface area contributed by atoms with Gasteiger partial charge in [-0.1, -0.05) is 34.8 Å². The van der Waals surface area contributed by atoms with Gasteiger partial charge in [-0.25, -0.2) is 4.79 Å². The third kappa shape index (κ3) is 3.96. The Balaban J connectivity index is 4.77. The highest BCUT2D eigenvalue weighted by molar-refractivity contribution is 6.69. The van der Waals surface area contributed by atoms with Gasteiger partial charge in [-0.2, -0.15) is 0 Å². The normalized spacial score (nSPS) is 15.9. The first-order valence-corrected chi connectivity index (χ1v) is 5.66. The van der Waals surface area contributed by atoms with Crippen LogP contribution >= 0.6 is 34.8 Å². The summed E-state index contributed by atoms with van der Waals surface area (Å²) < 4.78 is 2.86. The molecule has 4 nitrogen and oxygen atoms in total. The summed E-state index contributed by atoms with van der Waals surface area (Å²) in [6.45, 7) is 2.19. The first-order valence-electron chi connectivity index (χ1n) is 4.52. The largest absolute Gasteiger partial charge is 0.464 e. The van der Waals surface area contributed by atoms with E-state index in [9.17, 15) is 4.79 Å². The molecule has 0 amide bonds. The Bertz CT molecular complexity index is 220. The molecule has 0 aliphatic carbocycles. The molecule has 0 saturated heterocycles. The molecule has 0 bridgehead atoms. The second kappa shape index (κ2) is 6.11. The molecule has 4 N–H and O–H groups in total. The van der Waals surface area contributed by atoms with E-state index < -0.39 is 15.3 Å². The maximum absolute atomic E-state index is 11.6. The van der Waals surface area contributed by atoms with Crippen molar-refractivity contribution in [2.24, 2.45) is 11.5 Å². The van der Waals surface area contributed by atoms with E-state index in [4.69, 9.17) is 51.0 Å². The van der Waals surface area contributed by atoms with Crippen LogP contribution in [0.15, 0.2) is 0 Å².